The van der Waals surface area contributed by atoms with Crippen LogP contribution in [0.1, 0.15) is 124 Å². The summed E-state index contributed by atoms with van der Waals surface area (Å²) < 4.78 is 0. The van der Waals surface area contributed by atoms with E-state index in [9.17, 15) is 0 Å². The zero-order valence-corrected chi connectivity index (χ0v) is 19.4. The van der Waals surface area contributed by atoms with Crippen molar-refractivity contribution in [3.8, 4) is 0 Å². The van der Waals surface area contributed by atoms with Gasteiger partial charge >= 0.3 is 0 Å². The highest BCUT2D eigenvalue weighted by atomic mass is 14.1. The highest BCUT2D eigenvalue weighted by Crippen LogP contribution is 2.11. The Hall–Kier alpha value is 0. The monoisotopic (exact) mass is 308 g/mol. The van der Waals surface area contributed by atoms with E-state index in [1.807, 2.05) is 69.2 Å². The van der Waals surface area contributed by atoms with E-state index in [0.717, 1.165) is 17.8 Å². The molecule has 0 heteroatoms. The topological polar surface area (TPSA) is 0 Å². The molecule has 0 aliphatic carbocycles. The quantitative estimate of drug-likeness (QED) is 0.476. The molecule has 0 heterocycles. The average Bonchev–Trinajstić information content (AvgIpc) is 2.55. The number of rotatable bonds is 2. The average molecular weight is 309 g/mol. The summed E-state index contributed by atoms with van der Waals surface area (Å²) in [4.78, 5) is 0. The van der Waals surface area contributed by atoms with Crippen molar-refractivity contribution in [2.24, 2.45) is 17.8 Å². The highest BCUT2D eigenvalue weighted by Gasteiger charge is 2.01. The molecular formula is C21H56. The van der Waals surface area contributed by atoms with Gasteiger partial charge in [0.1, 0.15) is 0 Å². The standard InChI is InChI=1S/C7H16.C4H10.5C2H6/c1-5-7(4)6(2)3;1-4(2)3;5*1-2/h6-7H,5H2,1-4H3;4H,1-3H3;5*1-2H3. The zero-order chi connectivity index (χ0) is 19.4. The van der Waals surface area contributed by atoms with Gasteiger partial charge in [0.05, 0.1) is 0 Å². The zero-order valence-electron chi connectivity index (χ0n) is 19.4. The molecule has 0 aromatic rings. The minimum atomic E-state index is 0.833. The van der Waals surface area contributed by atoms with E-state index >= 15 is 0 Å². The molecule has 1 atom stereocenters. The van der Waals surface area contributed by atoms with Crippen molar-refractivity contribution in [2.75, 3.05) is 0 Å². The summed E-state index contributed by atoms with van der Waals surface area (Å²) in [6.45, 7) is 35.6. The van der Waals surface area contributed by atoms with Gasteiger partial charge in [0.25, 0.3) is 0 Å². The number of hydrogen-bond acceptors (Lipinski definition) is 0. The molecule has 0 saturated carbocycles. The third-order valence-corrected chi connectivity index (χ3v) is 1.78. The molecule has 0 fully saturated rings. The van der Waals surface area contributed by atoms with Gasteiger partial charge in [0.2, 0.25) is 0 Å². The molecule has 0 aromatic carbocycles. The summed E-state index contributed by atoms with van der Waals surface area (Å²) in [6, 6.07) is 0. The molecule has 0 aliphatic heterocycles. The minimum absolute atomic E-state index is 0.833. The Balaban J connectivity index is -0.0000000243. The summed E-state index contributed by atoms with van der Waals surface area (Å²) in [7, 11) is 0. The fraction of sp³-hybridized carbons (Fsp3) is 1.00. The predicted octanol–water partition coefficient (Wildman–Crippen LogP) is 9.48. The lowest BCUT2D eigenvalue weighted by Crippen LogP contribution is -2.00. The Morgan fingerprint density at radius 2 is 0.619 bits per heavy atom. The van der Waals surface area contributed by atoms with Gasteiger partial charge in [-0.25, -0.2) is 0 Å². The fourth-order valence-electron chi connectivity index (χ4n) is 0.471. The normalized spacial score (nSPS) is 8.14. The van der Waals surface area contributed by atoms with Crippen LogP contribution >= 0.6 is 0 Å². The van der Waals surface area contributed by atoms with Gasteiger partial charge in [-0.1, -0.05) is 124 Å². The van der Waals surface area contributed by atoms with Crippen LogP contribution in [0.25, 0.3) is 0 Å². The first-order chi connectivity index (χ1) is 9.91. The van der Waals surface area contributed by atoms with Crippen molar-refractivity contribution in [1.29, 1.82) is 0 Å². The van der Waals surface area contributed by atoms with E-state index in [2.05, 4.69) is 48.5 Å². The minimum Gasteiger partial charge on any atom is -0.0683 e. The van der Waals surface area contributed by atoms with E-state index in [4.69, 9.17) is 0 Å². The van der Waals surface area contributed by atoms with Crippen LogP contribution in [0.4, 0.5) is 0 Å². The van der Waals surface area contributed by atoms with Crippen LogP contribution < -0.4 is 0 Å². The van der Waals surface area contributed by atoms with E-state index in [1.165, 1.54) is 6.42 Å². The second kappa shape index (κ2) is 72.2. The van der Waals surface area contributed by atoms with Crippen LogP contribution in [0.5, 0.6) is 0 Å². The van der Waals surface area contributed by atoms with Crippen LogP contribution in [-0.4, -0.2) is 0 Å². The SMILES string of the molecule is CC.CC.CC.CC.CC.CC(C)C.CCC(C)C(C)C. The Bertz CT molecular complexity index is 59.7. The van der Waals surface area contributed by atoms with E-state index in [1.54, 1.807) is 0 Å². The van der Waals surface area contributed by atoms with Gasteiger partial charge in [-0.15, -0.1) is 0 Å². The first kappa shape index (κ1) is 42.9. The Labute approximate surface area is 142 Å². The van der Waals surface area contributed by atoms with Crippen LogP contribution in [-0.2, 0) is 0 Å². The molecule has 0 aliphatic rings. The van der Waals surface area contributed by atoms with Gasteiger partial charge in [-0.2, -0.15) is 0 Å². The third-order valence-electron chi connectivity index (χ3n) is 1.78. The lowest BCUT2D eigenvalue weighted by molar-refractivity contribution is 0.407. The fourth-order valence-corrected chi connectivity index (χ4v) is 0.471. The Kier molecular flexibility index (Phi) is 147. The molecule has 0 saturated heterocycles. The maximum absolute atomic E-state index is 2.30. The summed E-state index contributed by atoms with van der Waals surface area (Å²) in [6.07, 6.45) is 1.32. The van der Waals surface area contributed by atoms with Gasteiger partial charge in [0.15, 0.2) is 0 Å². The van der Waals surface area contributed by atoms with Gasteiger partial charge in [-0.05, 0) is 17.8 Å². The predicted molar refractivity (Wildman–Crippen MR) is 112 cm³/mol. The van der Waals surface area contributed by atoms with Gasteiger partial charge in [-0.3, -0.25) is 0 Å². The van der Waals surface area contributed by atoms with E-state index in [-0.39, 0.29) is 0 Å². The molecule has 0 N–H and O–H groups in total. The molecule has 0 radical (unpaired) electrons. The highest BCUT2D eigenvalue weighted by molar-refractivity contribution is 4.52. The van der Waals surface area contributed by atoms with E-state index < -0.39 is 0 Å². The second-order valence-corrected chi connectivity index (χ2v) is 4.36. The Morgan fingerprint density at radius 1 is 0.476 bits per heavy atom. The second-order valence-electron chi connectivity index (χ2n) is 4.36. The molecule has 0 nitrogen and oxygen atoms in total. The molecular weight excluding hydrogens is 252 g/mol. The van der Waals surface area contributed by atoms with Crippen LogP contribution in [0.2, 0.25) is 0 Å². The number of hydrogen-bond donors (Lipinski definition) is 0. The van der Waals surface area contributed by atoms with Crippen LogP contribution in [0.15, 0.2) is 0 Å². The van der Waals surface area contributed by atoms with Crippen molar-refractivity contribution in [3.05, 3.63) is 0 Å². The molecule has 1 unspecified atom stereocenters. The summed E-state index contributed by atoms with van der Waals surface area (Å²) in [5.41, 5.74) is 0. The van der Waals surface area contributed by atoms with Crippen molar-refractivity contribution >= 4 is 0 Å². The molecule has 0 spiro atoms. The van der Waals surface area contributed by atoms with Gasteiger partial charge < -0.3 is 0 Å². The molecule has 0 rings (SSSR count). The van der Waals surface area contributed by atoms with Crippen LogP contribution in [0, 0.1) is 17.8 Å². The first-order valence-electron chi connectivity index (χ1n) is 9.91. The Morgan fingerprint density at radius 3 is 0.619 bits per heavy atom. The molecule has 0 aromatic heterocycles. The smallest absolute Gasteiger partial charge is 0.0422 e. The summed E-state index contributed by atoms with van der Waals surface area (Å²) >= 11 is 0. The molecule has 0 amide bonds. The lowest BCUT2D eigenvalue weighted by atomic mass is 9.96. The molecule has 140 valence electrons. The summed E-state index contributed by atoms with van der Waals surface area (Å²) in [5, 5.41) is 0. The van der Waals surface area contributed by atoms with Crippen LogP contribution in [0.3, 0.4) is 0 Å². The third kappa shape index (κ3) is 180. The lowest BCUT2D eigenvalue weighted by Gasteiger charge is -2.10. The summed E-state index contributed by atoms with van der Waals surface area (Å²) in [5.74, 6) is 2.60. The largest absolute Gasteiger partial charge is 0.0683 e. The van der Waals surface area contributed by atoms with Crippen molar-refractivity contribution in [1.82, 2.24) is 0 Å². The van der Waals surface area contributed by atoms with Crippen molar-refractivity contribution < 1.29 is 0 Å². The maximum atomic E-state index is 2.30. The van der Waals surface area contributed by atoms with Gasteiger partial charge in [0, 0.05) is 0 Å². The first-order valence-corrected chi connectivity index (χ1v) is 9.91. The molecule has 21 heavy (non-hydrogen) atoms. The van der Waals surface area contributed by atoms with Crippen molar-refractivity contribution in [3.63, 3.8) is 0 Å². The van der Waals surface area contributed by atoms with Crippen molar-refractivity contribution in [2.45, 2.75) is 124 Å². The molecule has 0 bridgehead atoms. The maximum Gasteiger partial charge on any atom is -0.0422 e. The van der Waals surface area contributed by atoms with E-state index in [0.29, 0.717) is 0 Å².